The minimum atomic E-state index is -1.25. The standard InChI is InChI=1S/C26H29Cl2FN4O3S/c1-3-19(27)12-20(28)13-33-25-18(11-17-6-8-21(29)9-7-17)15-37(35)16-23(25)24(30-33)26(34)31-32-10-4-5-22(32)14-36-2/h3,6-9,11-12,22H,4-5,10,13-16H2,1-2H3,(H,31,34)/b18-11+,19-3+,20-12+/t22-,37?/m1/s1. The number of halogens is 3. The zero-order valence-electron chi connectivity index (χ0n) is 20.7. The van der Waals surface area contributed by atoms with Gasteiger partial charge < -0.3 is 4.74 Å². The number of hydrogen-bond acceptors (Lipinski definition) is 5. The molecule has 198 valence electrons. The largest absolute Gasteiger partial charge is 0.383 e. The molecular formula is C26H29Cl2FN4O3S. The topological polar surface area (TPSA) is 76.5 Å². The summed E-state index contributed by atoms with van der Waals surface area (Å²) in [7, 11) is 0.389. The third kappa shape index (κ3) is 6.78. The zero-order chi connectivity index (χ0) is 26.5. The van der Waals surface area contributed by atoms with Crippen molar-refractivity contribution in [1.29, 1.82) is 0 Å². The molecule has 1 fully saturated rings. The average molecular weight is 568 g/mol. The van der Waals surface area contributed by atoms with Crippen molar-refractivity contribution < 1.29 is 18.1 Å². The number of ether oxygens (including phenoxy) is 1. The zero-order valence-corrected chi connectivity index (χ0v) is 23.0. The highest BCUT2D eigenvalue weighted by molar-refractivity contribution is 7.84. The second-order valence-electron chi connectivity index (χ2n) is 8.93. The highest BCUT2D eigenvalue weighted by Crippen LogP contribution is 2.33. The van der Waals surface area contributed by atoms with E-state index in [0.717, 1.165) is 24.0 Å². The van der Waals surface area contributed by atoms with Crippen LogP contribution in [0.25, 0.3) is 11.6 Å². The predicted molar refractivity (Wildman–Crippen MR) is 146 cm³/mol. The van der Waals surface area contributed by atoms with Gasteiger partial charge in [0.25, 0.3) is 5.91 Å². The maximum atomic E-state index is 13.5. The van der Waals surface area contributed by atoms with Crippen LogP contribution in [0.4, 0.5) is 4.39 Å². The molecule has 11 heteroatoms. The van der Waals surface area contributed by atoms with Crippen LogP contribution in [0.5, 0.6) is 0 Å². The first-order valence-corrected chi connectivity index (χ1v) is 14.2. The summed E-state index contributed by atoms with van der Waals surface area (Å²) < 4.78 is 33.3. The lowest BCUT2D eigenvalue weighted by molar-refractivity contribution is 0.0606. The Bertz CT molecular complexity index is 1270. The number of rotatable bonds is 8. The van der Waals surface area contributed by atoms with Gasteiger partial charge in [0, 0.05) is 40.1 Å². The molecule has 0 saturated carbocycles. The Balaban J connectivity index is 1.76. The number of fused-ring (bicyclic) bond motifs is 1. The van der Waals surface area contributed by atoms with Gasteiger partial charge in [-0.3, -0.25) is 19.1 Å². The minimum Gasteiger partial charge on any atom is -0.383 e. The van der Waals surface area contributed by atoms with E-state index in [1.165, 1.54) is 12.1 Å². The van der Waals surface area contributed by atoms with E-state index in [1.54, 1.807) is 43.0 Å². The lowest BCUT2D eigenvalue weighted by Crippen LogP contribution is -2.47. The Labute approximate surface area is 228 Å². The number of hydrogen-bond donors (Lipinski definition) is 1. The number of nitrogens with zero attached hydrogens (tertiary/aromatic N) is 3. The number of nitrogens with one attached hydrogen (secondary N) is 1. The molecule has 0 aliphatic carbocycles. The van der Waals surface area contributed by atoms with E-state index in [1.807, 2.05) is 11.1 Å². The minimum absolute atomic E-state index is 0.0790. The van der Waals surface area contributed by atoms with Crippen LogP contribution in [-0.2, 0) is 27.8 Å². The second-order valence-corrected chi connectivity index (χ2v) is 11.3. The Hall–Kier alpha value is -2.30. The SMILES string of the molecule is C/C=C(Cl)\C=C(\Cl)Cn1nc(C(=O)NN2CCC[C@@H]2COC)c2c1/C(=C/c1ccc(F)cc1)CS(=O)C2. The molecule has 1 aromatic carbocycles. The van der Waals surface area contributed by atoms with Crippen LogP contribution in [0, 0.1) is 5.82 Å². The van der Waals surface area contributed by atoms with Crippen molar-refractivity contribution in [2.45, 2.75) is 38.1 Å². The number of amides is 1. The number of aromatic nitrogens is 2. The molecule has 2 aliphatic rings. The molecule has 0 bridgehead atoms. The number of methoxy groups -OCH3 is 1. The van der Waals surface area contributed by atoms with Crippen LogP contribution in [0.1, 0.15) is 47.1 Å². The van der Waals surface area contributed by atoms with Gasteiger partial charge in [-0.2, -0.15) is 5.10 Å². The number of benzene rings is 1. The Morgan fingerprint density at radius 1 is 1.30 bits per heavy atom. The molecule has 0 radical (unpaired) electrons. The van der Waals surface area contributed by atoms with E-state index < -0.39 is 10.8 Å². The fourth-order valence-electron chi connectivity index (χ4n) is 4.57. The first-order valence-electron chi connectivity index (χ1n) is 11.9. The summed E-state index contributed by atoms with van der Waals surface area (Å²) in [5.41, 5.74) is 5.95. The van der Waals surface area contributed by atoms with Gasteiger partial charge in [0.2, 0.25) is 0 Å². The molecule has 0 spiro atoms. The van der Waals surface area contributed by atoms with E-state index in [2.05, 4.69) is 10.5 Å². The van der Waals surface area contributed by atoms with Crippen molar-refractivity contribution in [1.82, 2.24) is 20.2 Å². The van der Waals surface area contributed by atoms with Gasteiger partial charge in [-0.05, 0) is 55.2 Å². The number of carbonyl (C=O) groups is 1. The smallest absolute Gasteiger partial charge is 0.286 e. The molecule has 1 aromatic heterocycles. The van der Waals surface area contributed by atoms with Gasteiger partial charge in [-0.1, -0.05) is 41.4 Å². The quantitative estimate of drug-likeness (QED) is 0.462. The average Bonchev–Trinajstić information content (AvgIpc) is 3.44. The lowest BCUT2D eigenvalue weighted by atomic mass is 10.0. The van der Waals surface area contributed by atoms with Gasteiger partial charge in [-0.15, -0.1) is 0 Å². The van der Waals surface area contributed by atoms with Crippen molar-refractivity contribution >= 4 is 51.6 Å². The number of hydrazine groups is 1. The molecular weight excluding hydrogens is 538 g/mol. The summed E-state index contributed by atoms with van der Waals surface area (Å²) in [6, 6.07) is 6.12. The molecule has 1 amide bonds. The molecule has 3 heterocycles. The fraction of sp³-hybridized carbons (Fsp3) is 0.385. The summed E-state index contributed by atoms with van der Waals surface area (Å²) in [4.78, 5) is 13.4. The van der Waals surface area contributed by atoms with Crippen LogP contribution >= 0.6 is 23.2 Å². The second kappa shape index (κ2) is 12.5. The maximum Gasteiger partial charge on any atom is 0.286 e. The van der Waals surface area contributed by atoms with Gasteiger partial charge >= 0.3 is 0 Å². The number of carbonyl (C=O) groups excluding carboxylic acids is 1. The third-order valence-electron chi connectivity index (χ3n) is 6.25. The van der Waals surface area contributed by atoms with E-state index in [-0.39, 0.29) is 41.5 Å². The van der Waals surface area contributed by atoms with E-state index in [9.17, 15) is 13.4 Å². The fourth-order valence-corrected chi connectivity index (χ4v) is 6.25. The molecule has 2 aliphatic heterocycles. The van der Waals surface area contributed by atoms with Crippen molar-refractivity contribution in [3.8, 4) is 0 Å². The monoisotopic (exact) mass is 566 g/mol. The first-order chi connectivity index (χ1) is 17.8. The van der Waals surface area contributed by atoms with Gasteiger partial charge in [0.15, 0.2) is 5.69 Å². The van der Waals surface area contributed by atoms with Gasteiger partial charge in [-0.25, -0.2) is 9.40 Å². The van der Waals surface area contributed by atoms with E-state index >= 15 is 0 Å². The summed E-state index contributed by atoms with van der Waals surface area (Å²) in [5, 5.41) is 7.42. The van der Waals surface area contributed by atoms with Crippen LogP contribution < -0.4 is 5.43 Å². The van der Waals surface area contributed by atoms with Crippen molar-refractivity contribution in [3.63, 3.8) is 0 Å². The van der Waals surface area contributed by atoms with Crippen molar-refractivity contribution in [2.24, 2.45) is 0 Å². The lowest BCUT2D eigenvalue weighted by Gasteiger charge is -2.24. The molecule has 1 N–H and O–H groups in total. The Morgan fingerprint density at radius 2 is 2.05 bits per heavy atom. The van der Waals surface area contributed by atoms with Gasteiger partial charge in [0.05, 0.1) is 36.4 Å². The summed E-state index contributed by atoms with van der Waals surface area (Å²) >= 11 is 12.6. The van der Waals surface area contributed by atoms with Crippen LogP contribution in [0.15, 0.2) is 46.5 Å². The predicted octanol–water partition coefficient (Wildman–Crippen LogP) is 4.85. The maximum absolute atomic E-state index is 13.5. The Kier molecular flexibility index (Phi) is 9.36. The van der Waals surface area contributed by atoms with Crippen LogP contribution in [0.2, 0.25) is 0 Å². The highest BCUT2D eigenvalue weighted by atomic mass is 35.5. The van der Waals surface area contributed by atoms with Crippen molar-refractivity contribution in [3.05, 3.63) is 74.8 Å². The molecule has 7 nitrogen and oxygen atoms in total. The van der Waals surface area contributed by atoms with Crippen molar-refractivity contribution in [2.75, 3.05) is 26.0 Å². The summed E-state index contributed by atoms with van der Waals surface area (Å²) in [5.74, 6) is -0.247. The van der Waals surface area contributed by atoms with Crippen LogP contribution in [-0.4, -0.2) is 57.0 Å². The molecule has 1 saturated heterocycles. The molecule has 2 atom stereocenters. The van der Waals surface area contributed by atoms with E-state index in [0.29, 0.717) is 34.5 Å². The first kappa shape index (κ1) is 27.7. The third-order valence-corrected chi connectivity index (χ3v) is 8.05. The molecule has 37 heavy (non-hydrogen) atoms. The van der Waals surface area contributed by atoms with Crippen LogP contribution in [0.3, 0.4) is 0 Å². The normalized spacial score (nSPS) is 21.9. The molecule has 4 rings (SSSR count). The summed E-state index contributed by atoms with van der Waals surface area (Å²) in [6.45, 7) is 3.19. The molecule has 1 unspecified atom stereocenters. The number of allylic oxidation sites excluding steroid dienone is 4. The van der Waals surface area contributed by atoms with Gasteiger partial charge in [0.1, 0.15) is 5.82 Å². The summed E-state index contributed by atoms with van der Waals surface area (Å²) in [6.07, 6.45) is 7.06. The Morgan fingerprint density at radius 3 is 2.76 bits per heavy atom. The van der Waals surface area contributed by atoms with E-state index in [4.69, 9.17) is 27.9 Å². The highest BCUT2D eigenvalue weighted by Gasteiger charge is 2.33. The molecule has 2 aromatic rings.